The van der Waals surface area contributed by atoms with E-state index in [1.165, 1.54) is 29.6 Å². The zero-order valence-corrected chi connectivity index (χ0v) is 13.7. The summed E-state index contributed by atoms with van der Waals surface area (Å²) in [6, 6.07) is 8.40. The molecule has 3 rings (SSSR count). The van der Waals surface area contributed by atoms with E-state index in [1.54, 1.807) is 23.5 Å². The molecule has 0 unspecified atom stereocenters. The summed E-state index contributed by atoms with van der Waals surface area (Å²) in [5, 5.41) is 0.842. The second-order valence-corrected chi connectivity index (χ2v) is 7.94. The number of nitrogens with zero attached hydrogens (tertiary/aromatic N) is 2. The molecule has 3 aromatic rings. The highest BCUT2D eigenvalue weighted by Crippen LogP contribution is 2.32. The van der Waals surface area contributed by atoms with Gasteiger partial charge in [0.2, 0.25) is 5.88 Å². The predicted molar refractivity (Wildman–Crippen MR) is 86.4 cm³/mol. The van der Waals surface area contributed by atoms with E-state index in [1.807, 2.05) is 6.07 Å². The molecule has 0 spiro atoms. The van der Waals surface area contributed by atoms with Gasteiger partial charge in [-0.1, -0.05) is 13.0 Å². The van der Waals surface area contributed by atoms with Crippen LogP contribution in [0.5, 0.6) is 11.6 Å². The van der Waals surface area contributed by atoms with Crippen LogP contribution in [0.2, 0.25) is 0 Å². The Morgan fingerprint density at radius 3 is 2.77 bits per heavy atom. The van der Waals surface area contributed by atoms with Crippen molar-refractivity contribution in [3.63, 3.8) is 0 Å². The monoisotopic (exact) mass is 334 g/mol. The molecule has 0 radical (unpaired) electrons. The number of aryl methyl sites for hydroxylation is 1. The minimum Gasteiger partial charge on any atom is -0.438 e. The molecule has 5 nitrogen and oxygen atoms in total. The van der Waals surface area contributed by atoms with Crippen molar-refractivity contribution in [1.29, 1.82) is 0 Å². The van der Waals surface area contributed by atoms with Crippen LogP contribution in [0.25, 0.3) is 10.2 Å². The molecule has 0 bridgehead atoms. The second kappa shape index (κ2) is 5.66. The van der Waals surface area contributed by atoms with Crippen LogP contribution in [0.15, 0.2) is 41.6 Å². The number of sulfone groups is 1. The fourth-order valence-electron chi connectivity index (χ4n) is 2.02. The van der Waals surface area contributed by atoms with Crippen LogP contribution in [0.3, 0.4) is 0 Å². The molecule has 114 valence electrons. The molecule has 0 fully saturated rings. The van der Waals surface area contributed by atoms with Crippen LogP contribution >= 0.6 is 11.3 Å². The normalized spacial score (nSPS) is 11.7. The first-order valence-corrected chi connectivity index (χ1v) is 9.39. The minimum atomic E-state index is -3.27. The summed E-state index contributed by atoms with van der Waals surface area (Å²) in [4.78, 5) is 10.7. The van der Waals surface area contributed by atoms with Gasteiger partial charge in [-0.15, -0.1) is 11.3 Å². The molecule has 0 amide bonds. The fraction of sp³-hybridized carbons (Fsp3) is 0.200. The molecule has 0 atom stereocenters. The number of fused-ring (bicyclic) bond motifs is 1. The molecule has 0 aliphatic heterocycles. The summed E-state index contributed by atoms with van der Waals surface area (Å²) < 4.78 is 29.0. The lowest BCUT2D eigenvalue weighted by atomic mass is 10.3. The Balaban J connectivity index is 2.02. The number of hydrogen-bond acceptors (Lipinski definition) is 6. The molecule has 0 saturated carbocycles. The van der Waals surface area contributed by atoms with Crippen molar-refractivity contribution in [2.75, 3.05) is 6.26 Å². The molecular weight excluding hydrogens is 320 g/mol. The number of aromatic nitrogens is 2. The van der Waals surface area contributed by atoms with Gasteiger partial charge < -0.3 is 4.74 Å². The van der Waals surface area contributed by atoms with Crippen molar-refractivity contribution in [3.8, 4) is 11.6 Å². The third-order valence-corrected chi connectivity index (χ3v) is 5.44. The summed E-state index contributed by atoms with van der Waals surface area (Å²) in [6.07, 6.45) is 3.54. The van der Waals surface area contributed by atoms with Gasteiger partial charge in [-0.25, -0.2) is 18.4 Å². The lowest BCUT2D eigenvalue weighted by molar-refractivity contribution is 0.466. The van der Waals surface area contributed by atoms with Gasteiger partial charge in [0, 0.05) is 11.1 Å². The third-order valence-electron chi connectivity index (χ3n) is 3.14. The van der Waals surface area contributed by atoms with E-state index >= 15 is 0 Å². The van der Waals surface area contributed by atoms with Crippen LogP contribution in [-0.4, -0.2) is 24.6 Å². The van der Waals surface area contributed by atoms with Crippen molar-refractivity contribution >= 4 is 31.4 Å². The fourth-order valence-corrected chi connectivity index (χ4v) is 3.60. The molecule has 0 aliphatic carbocycles. The Kier molecular flexibility index (Phi) is 3.84. The highest BCUT2D eigenvalue weighted by Gasteiger charge is 2.12. The van der Waals surface area contributed by atoms with Gasteiger partial charge in [0.05, 0.1) is 10.3 Å². The largest absolute Gasteiger partial charge is 0.438 e. The number of rotatable bonds is 4. The van der Waals surface area contributed by atoms with Crippen LogP contribution in [0, 0.1) is 0 Å². The van der Waals surface area contributed by atoms with Crippen molar-refractivity contribution in [2.45, 2.75) is 18.2 Å². The lowest BCUT2D eigenvalue weighted by Gasteiger charge is -2.06. The maximum atomic E-state index is 11.6. The van der Waals surface area contributed by atoms with Gasteiger partial charge in [0.1, 0.15) is 16.9 Å². The van der Waals surface area contributed by atoms with Gasteiger partial charge in [0.25, 0.3) is 0 Å². The summed E-state index contributed by atoms with van der Waals surface area (Å²) in [6.45, 7) is 2.08. The minimum absolute atomic E-state index is 0.217. The van der Waals surface area contributed by atoms with Crippen molar-refractivity contribution in [3.05, 3.63) is 41.5 Å². The lowest BCUT2D eigenvalue weighted by Crippen LogP contribution is -1.97. The van der Waals surface area contributed by atoms with Gasteiger partial charge in [-0.05, 0) is 30.7 Å². The van der Waals surface area contributed by atoms with E-state index in [4.69, 9.17) is 4.74 Å². The molecule has 22 heavy (non-hydrogen) atoms. The summed E-state index contributed by atoms with van der Waals surface area (Å²) in [5.74, 6) is 0.874. The van der Waals surface area contributed by atoms with E-state index in [0.717, 1.165) is 16.6 Å². The molecule has 1 aromatic carbocycles. The van der Waals surface area contributed by atoms with Crippen molar-refractivity contribution in [2.24, 2.45) is 0 Å². The molecule has 2 aromatic heterocycles. The van der Waals surface area contributed by atoms with E-state index in [-0.39, 0.29) is 4.90 Å². The van der Waals surface area contributed by atoms with E-state index in [0.29, 0.717) is 11.6 Å². The van der Waals surface area contributed by atoms with Gasteiger partial charge in [0.15, 0.2) is 9.84 Å². The van der Waals surface area contributed by atoms with Crippen LogP contribution < -0.4 is 4.74 Å². The van der Waals surface area contributed by atoms with Gasteiger partial charge >= 0.3 is 0 Å². The van der Waals surface area contributed by atoms with Gasteiger partial charge in [-0.3, -0.25) is 0 Å². The maximum absolute atomic E-state index is 11.6. The zero-order chi connectivity index (χ0) is 15.7. The van der Waals surface area contributed by atoms with Crippen LogP contribution in [0.1, 0.15) is 11.8 Å². The number of ether oxygens (including phenoxy) is 1. The first-order valence-electron chi connectivity index (χ1n) is 6.69. The second-order valence-electron chi connectivity index (χ2n) is 4.81. The van der Waals surface area contributed by atoms with Crippen molar-refractivity contribution < 1.29 is 13.2 Å². The molecule has 0 saturated heterocycles. The quantitative estimate of drug-likeness (QED) is 0.731. The highest BCUT2D eigenvalue weighted by molar-refractivity contribution is 7.90. The first kappa shape index (κ1) is 14.9. The van der Waals surface area contributed by atoms with Crippen LogP contribution in [-0.2, 0) is 16.3 Å². The third kappa shape index (κ3) is 2.95. The summed E-state index contributed by atoms with van der Waals surface area (Å²) >= 11 is 1.60. The van der Waals surface area contributed by atoms with E-state index in [2.05, 4.69) is 16.9 Å². The Hall–Kier alpha value is -1.99. The number of thiophene rings is 1. The highest BCUT2D eigenvalue weighted by atomic mass is 32.2. The topological polar surface area (TPSA) is 69.2 Å². The molecule has 2 heterocycles. The maximum Gasteiger partial charge on any atom is 0.231 e. The number of benzene rings is 1. The Morgan fingerprint density at radius 2 is 2.05 bits per heavy atom. The molecule has 7 heteroatoms. The molecule has 0 N–H and O–H groups in total. The Labute approximate surface area is 132 Å². The zero-order valence-electron chi connectivity index (χ0n) is 12.1. The van der Waals surface area contributed by atoms with Crippen molar-refractivity contribution in [1.82, 2.24) is 9.97 Å². The average molecular weight is 334 g/mol. The SMILES string of the molecule is CCc1cc2c(Oc3cccc(S(C)(=O)=O)c3)ncnc2s1. The standard InChI is InChI=1S/C15H14N2O3S2/c1-3-11-8-13-14(16-9-17-15(13)21-11)20-10-5-4-6-12(7-10)22(2,18)19/h4-9H,3H2,1-2H3. The molecule has 0 aliphatic rings. The van der Waals surface area contributed by atoms with E-state index < -0.39 is 9.84 Å². The van der Waals surface area contributed by atoms with Gasteiger partial charge in [-0.2, -0.15) is 0 Å². The smallest absolute Gasteiger partial charge is 0.231 e. The van der Waals surface area contributed by atoms with E-state index in [9.17, 15) is 8.42 Å². The number of hydrogen-bond donors (Lipinski definition) is 0. The predicted octanol–water partition coefficient (Wildman–Crippen LogP) is 3.45. The Morgan fingerprint density at radius 1 is 1.23 bits per heavy atom. The summed E-state index contributed by atoms with van der Waals surface area (Å²) in [7, 11) is -3.27. The van der Waals surface area contributed by atoms with Crippen LogP contribution in [0.4, 0.5) is 0 Å². The average Bonchev–Trinajstić information content (AvgIpc) is 2.91. The Bertz CT molecular complexity index is 933. The summed E-state index contributed by atoms with van der Waals surface area (Å²) in [5.41, 5.74) is 0. The molecular formula is C15H14N2O3S2. The first-order chi connectivity index (χ1) is 10.5.